The van der Waals surface area contributed by atoms with Crippen LogP contribution in [-0.4, -0.2) is 36.1 Å². The van der Waals surface area contributed by atoms with Gasteiger partial charge in [-0.05, 0) is 14.0 Å². The molecular weight excluding hydrogens is 164 g/mol. The van der Waals surface area contributed by atoms with Crippen LogP contribution in [0.1, 0.15) is 5.69 Å². The van der Waals surface area contributed by atoms with Gasteiger partial charge in [-0.3, -0.25) is 0 Å². The Morgan fingerprint density at radius 3 is 2.85 bits per heavy atom. The first-order valence-corrected chi connectivity index (χ1v) is 4.50. The second kappa shape index (κ2) is 3.30. The molecule has 4 heteroatoms. The molecule has 1 N–H and O–H groups in total. The summed E-state index contributed by atoms with van der Waals surface area (Å²) in [4.78, 5) is 10.5. The summed E-state index contributed by atoms with van der Waals surface area (Å²) in [5.74, 6) is 1.04. The fourth-order valence-electron chi connectivity index (χ4n) is 1.46. The second-order valence-corrected chi connectivity index (χ2v) is 3.41. The summed E-state index contributed by atoms with van der Waals surface area (Å²) >= 11 is 0. The zero-order valence-electron chi connectivity index (χ0n) is 7.99. The van der Waals surface area contributed by atoms with E-state index in [-0.39, 0.29) is 0 Å². The maximum atomic E-state index is 4.22. The van der Waals surface area contributed by atoms with Crippen molar-refractivity contribution in [2.45, 2.75) is 13.0 Å². The molecule has 0 aromatic carbocycles. The van der Waals surface area contributed by atoms with Crippen molar-refractivity contribution in [2.75, 3.05) is 25.0 Å². The van der Waals surface area contributed by atoms with Crippen molar-refractivity contribution >= 4 is 5.82 Å². The Labute approximate surface area is 78.0 Å². The molecule has 0 spiro atoms. The smallest absolute Gasteiger partial charge is 0.132 e. The van der Waals surface area contributed by atoms with Gasteiger partial charge in [-0.25, -0.2) is 9.97 Å². The third kappa shape index (κ3) is 1.62. The minimum atomic E-state index is 0.621. The maximum absolute atomic E-state index is 4.22. The highest BCUT2D eigenvalue weighted by atomic mass is 15.3. The van der Waals surface area contributed by atoms with Crippen LogP contribution in [0.15, 0.2) is 12.4 Å². The summed E-state index contributed by atoms with van der Waals surface area (Å²) in [6.07, 6.45) is 1.62. The molecule has 0 radical (unpaired) electrons. The molecule has 2 rings (SSSR count). The molecule has 0 atom stereocenters. The van der Waals surface area contributed by atoms with Crippen LogP contribution in [0.5, 0.6) is 0 Å². The molecule has 0 bridgehead atoms. The van der Waals surface area contributed by atoms with Crippen molar-refractivity contribution in [3.05, 3.63) is 18.1 Å². The normalized spacial score (nSPS) is 17.2. The molecule has 0 amide bonds. The van der Waals surface area contributed by atoms with Gasteiger partial charge in [0.25, 0.3) is 0 Å². The summed E-state index contributed by atoms with van der Waals surface area (Å²) in [5, 5.41) is 3.23. The summed E-state index contributed by atoms with van der Waals surface area (Å²) in [6.45, 7) is 4.08. The Hall–Kier alpha value is -1.16. The van der Waals surface area contributed by atoms with Gasteiger partial charge in [0.2, 0.25) is 0 Å². The SMILES string of the molecule is CNC1CN(c2cc(C)ncn2)C1. The minimum Gasteiger partial charge on any atom is -0.353 e. The molecule has 1 saturated heterocycles. The van der Waals surface area contributed by atoms with E-state index in [9.17, 15) is 0 Å². The molecular formula is C9H14N4. The Kier molecular flexibility index (Phi) is 2.14. The highest BCUT2D eigenvalue weighted by Gasteiger charge is 2.25. The lowest BCUT2D eigenvalue weighted by molar-refractivity contribution is 0.447. The van der Waals surface area contributed by atoms with Crippen molar-refractivity contribution in [3.63, 3.8) is 0 Å². The predicted molar refractivity (Wildman–Crippen MR) is 51.8 cm³/mol. The van der Waals surface area contributed by atoms with E-state index in [1.54, 1.807) is 6.33 Å². The van der Waals surface area contributed by atoms with E-state index in [0.717, 1.165) is 24.6 Å². The van der Waals surface area contributed by atoms with Gasteiger partial charge >= 0.3 is 0 Å². The average molecular weight is 178 g/mol. The number of hydrogen-bond acceptors (Lipinski definition) is 4. The Bertz CT molecular complexity index is 293. The Morgan fingerprint density at radius 2 is 2.23 bits per heavy atom. The highest BCUT2D eigenvalue weighted by Crippen LogP contribution is 2.17. The van der Waals surface area contributed by atoms with Crippen LogP contribution in [0, 0.1) is 6.92 Å². The molecule has 4 nitrogen and oxygen atoms in total. The zero-order chi connectivity index (χ0) is 9.26. The van der Waals surface area contributed by atoms with Crippen LogP contribution in [0.2, 0.25) is 0 Å². The van der Waals surface area contributed by atoms with Gasteiger partial charge in [-0.1, -0.05) is 0 Å². The molecule has 13 heavy (non-hydrogen) atoms. The van der Waals surface area contributed by atoms with E-state index >= 15 is 0 Å². The van der Waals surface area contributed by atoms with Crippen LogP contribution in [-0.2, 0) is 0 Å². The number of aromatic nitrogens is 2. The largest absolute Gasteiger partial charge is 0.353 e. The molecule has 1 fully saturated rings. The molecule has 1 aliphatic heterocycles. The number of rotatable bonds is 2. The minimum absolute atomic E-state index is 0.621. The Morgan fingerprint density at radius 1 is 1.46 bits per heavy atom. The lowest BCUT2D eigenvalue weighted by Gasteiger charge is -2.39. The number of nitrogens with zero attached hydrogens (tertiary/aromatic N) is 3. The number of likely N-dealkylation sites (N-methyl/N-ethyl adjacent to an activating group) is 1. The highest BCUT2D eigenvalue weighted by molar-refractivity contribution is 5.42. The quantitative estimate of drug-likeness (QED) is 0.702. The lowest BCUT2D eigenvalue weighted by atomic mass is 10.1. The van der Waals surface area contributed by atoms with E-state index < -0.39 is 0 Å². The molecule has 2 heterocycles. The molecule has 0 aliphatic carbocycles. The van der Waals surface area contributed by atoms with E-state index in [2.05, 4.69) is 20.2 Å². The summed E-state index contributed by atoms with van der Waals surface area (Å²) in [5.41, 5.74) is 1.03. The molecule has 70 valence electrons. The molecule has 0 unspecified atom stereocenters. The van der Waals surface area contributed by atoms with Crippen molar-refractivity contribution in [2.24, 2.45) is 0 Å². The van der Waals surface area contributed by atoms with Crippen molar-refractivity contribution in [1.82, 2.24) is 15.3 Å². The van der Waals surface area contributed by atoms with E-state index in [1.165, 1.54) is 0 Å². The number of hydrogen-bond donors (Lipinski definition) is 1. The molecule has 1 aromatic rings. The van der Waals surface area contributed by atoms with Crippen LogP contribution in [0.3, 0.4) is 0 Å². The summed E-state index contributed by atoms with van der Waals surface area (Å²) in [7, 11) is 1.99. The fourth-order valence-corrected chi connectivity index (χ4v) is 1.46. The average Bonchev–Trinajstić information content (AvgIpc) is 2.02. The van der Waals surface area contributed by atoms with Crippen molar-refractivity contribution in [3.8, 4) is 0 Å². The van der Waals surface area contributed by atoms with Gasteiger partial charge in [0.15, 0.2) is 0 Å². The lowest BCUT2D eigenvalue weighted by Crippen LogP contribution is -2.57. The van der Waals surface area contributed by atoms with Crippen molar-refractivity contribution in [1.29, 1.82) is 0 Å². The van der Waals surface area contributed by atoms with E-state index in [0.29, 0.717) is 6.04 Å². The summed E-state index contributed by atoms with van der Waals surface area (Å²) in [6, 6.07) is 2.64. The van der Waals surface area contributed by atoms with Gasteiger partial charge in [-0.15, -0.1) is 0 Å². The summed E-state index contributed by atoms with van der Waals surface area (Å²) < 4.78 is 0. The van der Waals surface area contributed by atoms with Crippen LogP contribution < -0.4 is 10.2 Å². The zero-order valence-corrected chi connectivity index (χ0v) is 7.99. The maximum Gasteiger partial charge on any atom is 0.132 e. The number of nitrogens with one attached hydrogen (secondary N) is 1. The second-order valence-electron chi connectivity index (χ2n) is 3.41. The third-order valence-corrected chi connectivity index (χ3v) is 2.40. The fraction of sp³-hybridized carbons (Fsp3) is 0.556. The first-order valence-electron chi connectivity index (χ1n) is 4.50. The molecule has 1 aliphatic rings. The number of aryl methyl sites for hydroxylation is 1. The topological polar surface area (TPSA) is 41.0 Å². The monoisotopic (exact) mass is 178 g/mol. The van der Waals surface area contributed by atoms with Crippen molar-refractivity contribution < 1.29 is 0 Å². The van der Waals surface area contributed by atoms with Crippen LogP contribution in [0.25, 0.3) is 0 Å². The van der Waals surface area contributed by atoms with E-state index in [1.807, 2.05) is 20.0 Å². The van der Waals surface area contributed by atoms with Gasteiger partial charge in [0.05, 0.1) is 0 Å². The Balaban J connectivity index is 2.03. The molecule has 0 saturated carbocycles. The molecule has 1 aromatic heterocycles. The van der Waals surface area contributed by atoms with Crippen LogP contribution >= 0.6 is 0 Å². The first kappa shape index (κ1) is 8.44. The number of anilines is 1. The van der Waals surface area contributed by atoms with Crippen LogP contribution in [0.4, 0.5) is 5.82 Å². The van der Waals surface area contributed by atoms with E-state index in [4.69, 9.17) is 0 Å². The van der Waals surface area contributed by atoms with Gasteiger partial charge in [-0.2, -0.15) is 0 Å². The standard InChI is InChI=1S/C9H14N4/c1-7-3-9(12-6-11-7)13-4-8(5-13)10-2/h3,6,8,10H,4-5H2,1-2H3. The van der Waals surface area contributed by atoms with Gasteiger partial charge in [0.1, 0.15) is 12.1 Å². The van der Waals surface area contributed by atoms with Gasteiger partial charge in [0, 0.05) is 30.9 Å². The predicted octanol–water partition coefficient (Wildman–Crippen LogP) is 0.193. The third-order valence-electron chi connectivity index (χ3n) is 2.40. The van der Waals surface area contributed by atoms with Gasteiger partial charge < -0.3 is 10.2 Å². The first-order chi connectivity index (χ1) is 6.29.